The van der Waals surface area contributed by atoms with Crippen LogP contribution in [0.5, 0.6) is 0 Å². The molecule has 1 aromatic rings. The van der Waals surface area contributed by atoms with Gasteiger partial charge in [-0.2, -0.15) is 0 Å². The van der Waals surface area contributed by atoms with Gasteiger partial charge < -0.3 is 10.6 Å². The summed E-state index contributed by atoms with van der Waals surface area (Å²) in [4.78, 5) is 16.9. The number of thioether (sulfide) groups is 1. The lowest BCUT2D eigenvalue weighted by Crippen LogP contribution is -2.27. The zero-order valence-electron chi connectivity index (χ0n) is 14.3. The van der Waals surface area contributed by atoms with E-state index in [1.165, 1.54) is 32.1 Å². The Morgan fingerprint density at radius 2 is 2.00 bits per heavy atom. The molecule has 4 nitrogen and oxygen atoms in total. The number of hydrogen-bond acceptors (Lipinski definition) is 4. The molecule has 1 amide bonds. The molecule has 3 rings (SSSR count). The highest BCUT2D eigenvalue weighted by Crippen LogP contribution is 2.29. The second-order valence-electron chi connectivity index (χ2n) is 6.75. The van der Waals surface area contributed by atoms with Gasteiger partial charge in [-0.1, -0.05) is 49.2 Å². The molecular formula is C19H27N3OS. The first-order valence-corrected chi connectivity index (χ1v) is 9.94. The van der Waals surface area contributed by atoms with Gasteiger partial charge >= 0.3 is 0 Å². The topological polar surface area (TPSA) is 53.5 Å². The van der Waals surface area contributed by atoms with Crippen LogP contribution in [0.4, 0.5) is 5.69 Å². The van der Waals surface area contributed by atoms with E-state index < -0.39 is 0 Å². The van der Waals surface area contributed by atoms with Crippen molar-refractivity contribution >= 4 is 28.5 Å². The molecule has 5 heteroatoms. The van der Waals surface area contributed by atoms with Crippen molar-refractivity contribution in [3.8, 4) is 0 Å². The summed E-state index contributed by atoms with van der Waals surface area (Å²) in [5, 5.41) is 7.13. The molecule has 1 aliphatic heterocycles. The zero-order valence-corrected chi connectivity index (χ0v) is 15.1. The first kappa shape index (κ1) is 17.3. The summed E-state index contributed by atoms with van der Waals surface area (Å²) in [6.07, 6.45) is 7.38. The van der Waals surface area contributed by atoms with Crippen molar-refractivity contribution in [3.05, 3.63) is 30.3 Å². The third kappa shape index (κ3) is 4.76. The summed E-state index contributed by atoms with van der Waals surface area (Å²) in [6.45, 7) is 2.99. The second kappa shape index (κ2) is 8.56. The van der Waals surface area contributed by atoms with Crippen molar-refractivity contribution in [1.82, 2.24) is 5.32 Å². The monoisotopic (exact) mass is 345 g/mol. The number of nitrogens with one attached hydrogen (secondary N) is 2. The minimum atomic E-state index is -0.0291. The Kier molecular flexibility index (Phi) is 6.18. The highest BCUT2D eigenvalue weighted by atomic mass is 32.2. The van der Waals surface area contributed by atoms with E-state index in [4.69, 9.17) is 4.99 Å². The van der Waals surface area contributed by atoms with Crippen LogP contribution in [0.1, 0.15) is 45.4 Å². The van der Waals surface area contributed by atoms with E-state index in [-0.39, 0.29) is 11.2 Å². The lowest BCUT2D eigenvalue weighted by atomic mass is 9.85. The fourth-order valence-corrected chi connectivity index (χ4v) is 4.52. The maximum atomic E-state index is 12.1. The van der Waals surface area contributed by atoms with Crippen LogP contribution in [0, 0.1) is 5.92 Å². The zero-order chi connectivity index (χ0) is 16.8. The number of carbonyl (C=O) groups excluding carboxylic acids is 1. The quantitative estimate of drug-likeness (QED) is 0.818. The van der Waals surface area contributed by atoms with E-state index in [2.05, 4.69) is 17.6 Å². The van der Waals surface area contributed by atoms with Crippen LogP contribution in [-0.4, -0.2) is 28.9 Å². The number of hydrogen-bond donors (Lipinski definition) is 2. The molecule has 1 aromatic carbocycles. The van der Waals surface area contributed by atoms with Crippen LogP contribution in [-0.2, 0) is 4.79 Å². The molecule has 2 fully saturated rings. The summed E-state index contributed by atoms with van der Waals surface area (Å²) in [5.74, 6) is 0.784. The number of amidine groups is 1. The van der Waals surface area contributed by atoms with Crippen molar-refractivity contribution in [3.63, 3.8) is 0 Å². The molecule has 2 aliphatic rings. The van der Waals surface area contributed by atoms with E-state index in [1.807, 2.05) is 30.3 Å². The maximum absolute atomic E-state index is 12.1. The Morgan fingerprint density at radius 3 is 2.75 bits per heavy atom. The second-order valence-corrected chi connectivity index (χ2v) is 7.94. The third-order valence-corrected chi connectivity index (χ3v) is 6.10. The lowest BCUT2D eigenvalue weighted by molar-refractivity contribution is -0.118. The largest absolute Gasteiger partial charge is 0.385 e. The highest BCUT2D eigenvalue weighted by molar-refractivity contribution is 8.15. The molecule has 0 aromatic heterocycles. The van der Waals surface area contributed by atoms with Crippen LogP contribution in [0.15, 0.2) is 35.3 Å². The smallest absolute Gasteiger partial charge is 0.239 e. The lowest BCUT2D eigenvalue weighted by Gasteiger charge is -2.25. The van der Waals surface area contributed by atoms with Crippen molar-refractivity contribution in [1.29, 1.82) is 0 Å². The Balaban J connectivity index is 1.47. The van der Waals surface area contributed by atoms with Crippen LogP contribution in [0.3, 0.4) is 0 Å². The molecule has 1 unspecified atom stereocenters. The number of carbonyl (C=O) groups is 1. The number of benzene rings is 1. The average Bonchev–Trinajstić information content (AvgIpc) is 2.96. The summed E-state index contributed by atoms with van der Waals surface area (Å²) in [5.41, 5.74) is 1.10. The minimum Gasteiger partial charge on any atom is -0.385 e. The Bertz CT molecular complexity index is 569. The molecule has 1 aliphatic carbocycles. The van der Waals surface area contributed by atoms with Gasteiger partial charge in [0.05, 0.1) is 11.3 Å². The van der Waals surface area contributed by atoms with E-state index in [0.717, 1.165) is 23.8 Å². The standard InChI is InChI=1S/C19H27N3OS/c1-14(15-8-4-2-5-9-15)21-19-22-18(23)17(24-19)12-13-20-16-10-6-3-7-11-16/h3,6-7,10-11,14-15,17,20H,2,4-5,8-9,12-13H2,1H3,(H,21,22,23)/t14-,17?/m0/s1. The van der Waals surface area contributed by atoms with Gasteiger partial charge in [0.15, 0.2) is 5.17 Å². The van der Waals surface area contributed by atoms with Gasteiger partial charge in [0.25, 0.3) is 0 Å². The van der Waals surface area contributed by atoms with Gasteiger partial charge in [0.2, 0.25) is 5.91 Å². The molecule has 2 N–H and O–H groups in total. The van der Waals surface area contributed by atoms with Gasteiger partial charge in [-0.25, -0.2) is 0 Å². The summed E-state index contributed by atoms with van der Waals surface area (Å²) >= 11 is 1.60. The first-order valence-electron chi connectivity index (χ1n) is 9.06. The number of amides is 1. The predicted molar refractivity (Wildman–Crippen MR) is 103 cm³/mol. The molecule has 130 valence electrons. The summed E-state index contributed by atoms with van der Waals surface area (Å²) in [7, 11) is 0. The Morgan fingerprint density at radius 1 is 1.25 bits per heavy atom. The van der Waals surface area contributed by atoms with Crippen LogP contribution < -0.4 is 10.6 Å². The third-order valence-electron chi connectivity index (χ3n) is 4.94. The van der Waals surface area contributed by atoms with Gasteiger partial charge in [-0.3, -0.25) is 9.79 Å². The number of anilines is 1. The number of para-hydroxylation sites is 1. The Labute approximate surface area is 148 Å². The van der Waals surface area contributed by atoms with Gasteiger partial charge in [-0.15, -0.1) is 0 Å². The fourth-order valence-electron chi connectivity index (χ4n) is 3.47. The van der Waals surface area contributed by atoms with Gasteiger partial charge in [0, 0.05) is 12.2 Å². The van der Waals surface area contributed by atoms with E-state index in [1.54, 1.807) is 11.8 Å². The molecule has 1 saturated carbocycles. The van der Waals surface area contributed by atoms with E-state index in [9.17, 15) is 4.79 Å². The Hall–Kier alpha value is -1.49. The maximum Gasteiger partial charge on any atom is 0.239 e. The van der Waals surface area contributed by atoms with Gasteiger partial charge in [-0.05, 0) is 44.2 Å². The number of aliphatic imine (C=N–C) groups is 1. The molecular weight excluding hydrogens is 318 g/mol. The highest BCUT2D eigenvalue weighted by Gasteiger charge is 2.30. The fraction of sp³-hybridized carbons (Fsp3) is 0.579. The molecule has 1 heterocycles. The SMILES string of the molecule is C[C@H](N=C1NC(=O)C(CCNc2ccccc2)S1)C1CCCCC1. The summed E-state index contributed by atoms with van der Waals surface area (Å²) in [6, 6.07) is 10.4. The van der Waals surface area contributed by atoms with Crippen molar-refractivity contribution < 1.29 is 4.79 Å². The van der Waals surface area contributed by atoms with Crippen molar-refractivity contribution in [2.45, 2.75) is 56.7 Å². The molecule has 24 heavy (non-hydrogen) atoms. The first-order chi connectivity index (χ1) is 11.7. The van der Waals surface area contributed by atoms with E-state index >= 15 is 0 Å². The number of rotatable bonds is 6. The van der Waals surface area contributed by atoms with Crippen molar-refractivity contribution in [2.24, 2.45) is 10.9 Å². The van der Waals surface area contributed by atoms with Crippen LogP contribution in [0.2, 0.25) is 0 Å². The average molecular weight is 346 g/mol. The van der Waals surface area contributed by atoms with Crippen LogP contribution in [0.25, 0.3) is 0 Å². The minimum absolute atomic E-state index is 0.0291. The van der Waals surface area contributed by atoms with E-state index in [0.29, 0.717) is 12.0 Å². The van der Waals surface area contributed by atoms with Crippen LogP contribution >= 0.6 is 11.8 Å². The number of nitrogens with zero attached hydrogens (tertiary/aromatic N) is 1. The molecule has 0 spiro atoms. The van der Waals surface area contributed by atoms with Crippen molar-refractivity contribution in [2.75, 3.05) is 11.9 Å². The molecule has 0 radical (unpaired) electrons. The van der Waals surface area contributed by atoms with Gasteiger partial charge in [0.1, 0.15) is 0 Å². The molecule has 2 atom stereocenters. The normalized spacial score (nSPS) is 24.8. The molecule has 1 saturated heterocycles. The molecule has 0 bridgehead atoms. The predicted octanol–water partition coefficient (Wildman–Crippen LogP) is 4.05. The summed E-state index contributed by atoms with van der Waals surface area (Å²) < 4.78 is 0.